The van der Waals surface area contributed by atoms with E-state index in [-0.39, 0.29) is 0 Å². The van der Waals surface area contributed by atoms with Crippen LogP contribution in [0.3, 0.4) is 0 Å². The number of likely N-dealkylation sites (tertiary alicyclic amines) is 1. The zero-order chi connectivity index (χ0) is 16.4. The highest BCUT2D eigenvalue weighted by Gasteiger charge is 2.22. The minimum Gasteiger partial charge on any atom is -0.441 e. The van der Waals surface area contributed by atoms with Crippen molar-refractivity contribution in [2.75, 3.05) is 13.1 Å². The Balaban J connectivity index is 1.41. The molecule has 1 saturated heterocycles. The molecule has 0 aliphatic carbocycles. The molecule has 0 aromatic carbocycles. The molecule has 126 valence electrons. The second-order valence-electron chi connectivity index (χ2n) is 6.39. The van der Waals surface area contributed by atoms with Crippen LogP contribution in [0.1, 0.15) is 24.3 Å². The van der Waals surface area contributed by atoms with E-state index in [0.29, 0.717) is 5.92 Å². The van der Waals surface area contributed by atoms with Crippen molar-refractivity contribution in [3.8, 4) is 11.5 Å². The molecule has 1 aliphatic heterocycles. The van der Waals surface area contributed by atoms with Gasteiger partial charge in [-0.3, -0.25) is 9.58 Å². The first-order chi connectivity index (χ1) is 11.8. The molecule has 7 heteroatoms. The molecule has 0 radical (unpaired) electrons. The monoisotopic (exact) mass is 343 g/mol. The first-order valence-corrected chi connectivity index (χ1v) is 9.26. The zero-order valence-corrected chi connectivity index (χ0v) is 14.6. The number of thiophene rings is 1. The number of hydrogen-bond acceptors (Lipinski definition) is 6. The Bertz CT molecular complexity index is 765. The topological polar surface area (TPSA) is 60.0 Å². The fourth-order valence-electron chi connectivity index (χ4n) is 3.33. The van der Waals surface area contributed by atoms with Gasteiger partial charge in [-0.05, 0) is 43.7 Å². The van der Waals surface area contributed by atoms with Crippen LogP contribution in [0.4, 0.5) is 0 Å². The van der Waals surface area contributed by atoms with Gasteiger partial charge >= 0.3 is 0 Å². The summed E-state index contributed by atoms with van der Waals surface area (Å²) in [6.07, 6.45) is 5.86. The maximum Gasteiger partial charge on any atom is 0.227 e. The average molecular weight is 343 g/mol. The molecule has 4 heterocycles. The van der Waals surface area contributed by atoms with Crippen LogP contribution < -0.4 is 0 Å². The van der Waals surface area contributed by atoms with Gasteiger partial charge in [-0.15, -0.1) is 0 Å². The largest absolute Gasteiger partial charge is 0.441 e. The van der Waals surface area contributed by atoms with Crippen LogP contribution in [0.25, 0.3) is 11.5 Å². The molecule has 1 fully saturated rings. The summed E-state index contributed by atoms with van der Waals surface area (Å²) in [6.45, 7) is 5.99. The van der Waals surface area contributed by atoms with E-state index in [1.165, 1.54) is 12.8 Å². The van der Waals surface area contributed by atoms with E-state index >= 15 is 0 Å². The Morgan fingerprint density at radius 2 is 2.38 bits per heavy atom. The van der Waals surface area contributed by atoms with Gasteiger partial charge in [-0.2, -0.15) is 16.4 Å². The third-order valence-corrected chi connectivity index (χ3v) is 5.23. The van der Waals surface area contributed by atoms with E-state index in [1.54, 1.807) is 24.0 Å². The maximum absolute atomic E-state index is 5.86. The van der Waals surface area contributed by atoms with Crippen molar-refractivity contribution in [2.45, 2.75) is 32.9 Å². The van der Waals surface area contributed by atoms with Crippen LogP contribution in [0.2, 0.25) is 0 Å². The third-order valence-electron chi connectivity index (χ3n) is 4.55. The predicted octanol–water partition coefficient (Wildman–Crippen LogP) is 3.22. The Hall–Kier alpha value is -1.99. The lowest BCUT2D eigenvalue weighted by atomic mass is 9.98. The van der Waals surface area contributed by atoms with E-state index in [1.807, 2.05) is 17.0 Å². The molecule has 4 rings (SSSR count). The third kappa shape index (κ3) is 3.42. The lowest BCUT2D eigenvalue weighted by Gasteiger charge is -2.32. The summed E-state index contributed by atoms with van der Waals surface area (Å²) >= 11 is 1.66. The second kappa shape index (κ2) is 6.86. The minimum absolute atomic E-state index is 0.615. The van der Waals surface area contributed by atoms with Gasteiger partial charge in [0, 0.05) is 30.6 Å². The van der Waals surface area contributed by atoms with Crippen LogP contribution in [0.15, 0.2) is 33.9 Å². The van der Waals surface area contributed by atoms with Crippen molar-refractivity contribution in [1.82, 2.24) is 24.6 Å². The first-order valence-electron chi connectivity index (χ1n) is 8.31. The second-order valence-corrected chi connectivity index (χ2v) is 7.17. The SMILES string of the molecule is Cc1oc(-c2ccsc2)nc1CN1CCC[C@H](Cn2cncn2)C1. The molecule has 1 atom stereocenters. The van der Waals surface area contributed by atoms with Gasteiger partial charge < -0.3 is 4.42 Å². The number of piperidine rings is 1. The van der Waals surface area contributed by atoms with Crippen LogP contribution in [-0.4, -0.2) is 37.7 Å². The normalized spacial score (nSPS) is 19.0. The lowest BCUT2D eigenvalue weighted by molar-refractivity contribution is 0.151. The Labute approximate surface area is 145 Å². The molecule has 0 bridgehead atoms. The zero-order valence-electron chi connectivity index (χ0n) is 13.8. The van der Waals surface area contributed by atoms with Crippen molar-refractivity contribution in [3.05, 3.63) is 40.9 Å². The van der Waals surface area contributed by atoms with Crippen molar-refractivity contribution in [2.24, 2.45) is 5.92 Å². The van der Waals surface area contributed by atoms with Gasteiger partial charge in [0.25, 0.3) is 0 Å². The number of aromatic nitrogens is 4. The fraction of sp³-hybridized carbons (Fsp3) is 0.471. The van der Waals surface area contributed by atoms with Crippen molar-refractivity contribution in [1.29, 1.82) is 0 Å². The fourth-order valence-corrected chi connectivity index (χ4v) is 3.96. The molecule has 0 amide bonds. The molecule has 3 aromatic rings. The van der Waals surface area contributed by atoms with Gasteiger partial charge in [0.15, 0.2) is 0 Å². The van der Waals surface area contributed by atoms with Gasteiger partial charge in [0.1, 0.15) is 18.4 Å². The van der Waals surface area contributed by atoms with Gasteiger partial charge in [-0.1, -0.05) is 0 Å². The Morgan fingerprint density at radius 1 is 1.42 bits per heavy atom. The molecule has 24 heavy (non-hydrogen) atoms. The summed E-state index contributed by atoms with van der Waals surface area (Å²) in [5, 5.41) is 8.35. The molecule has 0 N–H and O–H groups in total. The summed E-state index contributed by atoms with van der Waals surface area (Å²) < 4.78 is 7.79. The first kappa shape index (κ1) is 15.5. The summed E-state index contributed by atoms with van der Waals surface area (Å²) in [6, 6.07) is 2.05. The van der Waals surface area contributed by atoms with Crippen LogP contribution in [-0.2, 0) is 13.1 Å². The molecule has 1 aliphatic rings. The number of oxazole rings is 1. The number of nitrogens with zero attached hydrogens (tertiary/aromatic N) is 5. The number of hydrogen-bond donors (Lipinski definition) is 0. The summed E-state index contributed by atoms with van der Waals surface area (Å²) in [4.78, 5) is 11.2. The lowest BCUT2D eigenvalue weighted by Crippen LogP contribution is -2.36. The van der Waals surface area contributed by atoms with Gasteiger partial charge in [0.05, 0.1) is 5.69 Å². The van der Waals surface area contributed by atoms with E-state index in [9.17, 15) is 0 Å². The standard InChI is InChI=1S/C17H21N5OS/c1-13-16(20-17(23-13)15-4-6-24-10-15)9-21-5-2-3-14(7-21)8-22-12-18-11-19-22/h4,6,10-12,14H,2-3,5,7-9H2,1H3/t14-/m0/s1. The quantitative estimate of drug-likeness (QED) is 0.712. The van der Waals surface area contributed by atoms with Crippen molar-refractivity contribution < 1.29 is 4.42 Å². The summed E-state index contributed by atoms with van der Waals surface area (Å²) in [7, 11) is 0. The highest BCUT2D eigenvalue weighted by molar-refractivity contribution is 7.08. The van der Waals surface area contributed by atoms with Crippen LogP contribution in [0, 0.1) is 12.8 Å². The highest BCUT2D eigenvalue weighted by atomic mass is 32.1. The maximum atomic E-state index is 5.86. The minimum atomic E-state index is 0.615. The average Bonchev–Trinajstić information content (AvgIpc) is 3.31. The smallest absolute Gasteiger partial charge is 0.227 e. The number of rotatable bonds is 5. The number of aryl methyl sites for hydroxylation is 1. The predicted molar refractivity (Wildman–Crippen MR) is 92.6 cm³/mol. The molecular weight excluding hydrogens is 322 g/mol. The van der Waals surface area contributed by atoms with Crippen LogP contribution in [0.5, 0.6) is 0 Å². The van der Waals surface area contributed by atoms with Crippen LogP contribution >= 0.6 is 11.3 Å². The Morgan fingerprint density at radius 3 is 3.17 bits per heavy atom. The molecule has 3 aromatic heterocycles. The van der Waals surface area contributed by atoms with E-state index in [2.05, 4.69) is 26.4 Å². The molecule has 6 nitrogen and oxygen atoms in total. The van der Waals surface area contributed by atoms with Gasteiger partial charge in [-0.25, -0.2) is 9.97 Å². The van der Waals surface area contributed by atoms with Crippen molar-refractivity contribution >= 4 is 11.3 Å². The summed E-state index contributed by atoms with van der Waals surface area (Å²) in [5.74, 6) is 2.28. The van der Waals surface area contributed by atoms with E-state index < -0.39 is 0 Å². The molecule has 0 saturated carbocycles. The molecule has 0 unspecified atom stereocenters. The highest BCUT2D eigenvalue weighted by Crippen LogP contribution is 2.26. The summed E-state index contributed by atoms with van der Waals surface area (Å²) in [5.41, 5.74) is 2.12. The van der Waals surface area contributed by atoms with E-state index in [4.69, 9.17) is 9.40 Å². The van der Waals surface area contributed by atoms with Crippen molar-refractivity contribution in [3.63, 3.8) is 0 Å². The van der Waals surface area contributed by atoms with E-state index in [0.717, 1.165) is 49.1 Å². The molecular formula is C17H21N5OS. The Kier molecular flexibility index (Phi) is 4.44. The molecule has 0 spiro atoms. The van der Waals surface area contributed by atoms with Gasteiger partial charge in [0.2, 0.25) is 5.89 Å².